The molecule has 2 aromatic carbocycles. The van der Waals surface area contributed by atoms with Crippen LogP contribution in [0.4, 0.5) is 22.7 Å². The first-order valence-corrected chi connectivity index (χ1v) is 7.37. The maximum atomic E-state index is 12.4. The molecule has 0 spiro atoms. The highest BCUT2D eigenvalue weighted by Gasteiger charge is 2.20. The number of hydrogen-bond donors (Lipinski definition) is 2. The van der Waals surface area contributed by atoms with E-state index in [4.69, 9.17) is 11.6 Å². The number of anilines is 2. The van der Waals surface area contributed by atoms with Crippen molar-refractivity contribution in [1.82, 2.24) is 0 Å². The maximum Gasteiger partial charge on any atom is 0.277 e. The number of hydrogen-bond acceptors (Lipinski definition) is 6. The zero-order valence-electron chi connectivity index (χ0n) is 13.2. The number of non-ortho nitro benzene ring substituents is 2. The third kappa shape index (κ3) is 4.51. The number of nitro groups is 2. The molecule has 2 amide bonds. The molecule has 0 aliphatic carbocycles. The molecule has 26 heavy (non-hydrogen) atoms. The fourth-order valence-electron chi connectivity index (χ4n) is 2.05. The Morgan fingerprint density at radius 1 is 0.923 bits per heavy atom. The van der Waals surface area contributed by atoms with Crippen molar-refractivity contribution in [3.63, 3.8) is 0 Å². The number of amides is 2. The fraction of sp³-hybridized carbons (Fsp3) is 0.0667. The van der Waals surface area contributed by atoms with Gasteiger partial charge in [-0.2, -0.15) is 0 Å². The summed E-state index contributed by atoms with van der Waals surface area (Å²) in [5, 5.41) is 27.0. The second-order valence-electron chi connectivity index (χ2n) is 5.08. The average molecular weight is 379 g/mol. The number of carbonyl (C=O) groups is 2. The Morgan fingerprint density at radius 2 is 1.50 bits per heavy atom. The molecule has 0 saturated heterocycles. The first kappa shape index (κ1) is 18.8. The largest absolute Gasteiger partial charge is 0.325 e. The molecular weight excluding hydrogens is 368 g/mol. The first-order valence-electron chi connectivity index (χ1n) is 6.99. The molecule has 0 aliphatic heterocycles. The Balaban J connectivity index is 2.42. The molecule has 134 valence electrons. The molecule has 11 heteroatoms. The normalized spacial score (nSPS) is 10.1. The molecule has 0 atom stereocenters. The number of halogens is 1. The van der Waals surface area contributed by atoms with Crippen molar-refractivity contribution in [2.24, 2.45) is 0 Å². The Bertz CT molecular complexity index is 898. The van der Waals surface area contributed by atoms with Crippen LogP contribution < -0.4 is 10.6 Å². The lowest BCUT2D eigenvalue weighted by Crippen LogP contribution is -2.15. The highest BCUT2D eigenvalue weighted by atomic mass is 35.5. The quantitative estimate of drug-likeness (QED) is 0.602. The van der Waals surface area contributed by atoms with Gasteiger partial charge in [0, 0.05) is 24.1 Å². The first-order chi connectivity index (χ1) is 12.2. The van der Waals surface area contributed by atoms with Crippen LogP contribution in [0.1, 0.15) is 17.3 Å². The molecule has 2 rings (SSSR count). The van der Waals surface area contributed by atoms with Gasteiger partial charge in [-0.25, -0.2) is 0 Å². The zero-order chi connectivity index (χ0) is 19.4. The lowest BCUT2D eigenvalue weighted by atomic mass is 10.1. The molecule has 0 aliphatic rings. The maximum absolute atomic E-state index is 12.4. The second-order valence-corrected chi connectivity index (χ2v) is 5.51. The minimum atomic E-state index is -0.842. The molecule has 0 heterocycles. The van der Waals surface area contributed by atoms with Gasteiger partial charge in [-0.1, -0.05) is 11.6 Å². The van der Waals surface area contributed by atoms with E-state index in [1.165, 1.54) is 25.1 Å². The Kier molecular flexibility index (Phi) is 5.48. The van der Waals surface area contributed by atoms with Crippen LogP contribution in [-0.4, -0.2) is 21.7 Å². The van der Waals surface area contributed by atoms with Gasteiger partial charge in [-0.15, -0.1) is 0 Å². The monoisotopic (exact) mass is 378 g/mol. The van der Waals surface area contributed by atoms with Crippen LogP contribution in [0.25, 0.3) is 0 Å². The van der Waals surface area contributed by atoms with Crippen molar-refractivity contribution < 1.29 is 19.4 Å². The van der Waals surface area contributed by atoms with E-state index in [0.717, 1.165) is 18.2 Å². The molecular formula is C15H11ClN4O6. The van der Waals surface area contributed by atoms with Crippen molar-refractivity contribution >= 4 is 46.2 Å². The highest BCUT2D eigenvalue weighted by Crippen LogP contribution is 2.28. The predicted octanol–water partition coefficient (Wildman–Crippen LogP) is 3.37. The molecule has 0 radical (unpaired) electrons. The number of rotatable bonds is 5. The SMILES string of the molecule is CC(=O)Nc1ccc(Cl)cc1NC(=O)c1cc([N+](=O)[O-])cc([N+](=O)[O-])c1. The van der Waals surface area contributed by atoms with Crippen molar-refractivity contribution in [2.75, 3.05) is 10.6 Å². The Labute approximate surface area is 151 Å². The third-order valence-corrected chi connectivity index (χ3v) is 3.36. The van der Waals surface area contributed by atoms with Crippen LogP contribution in [0.5, 0.6) is 0 Å². The van der Waals surface area contributed by atoms with E-state index in [1.807, 2.05) is 0 Å². The van der Waals surface area contributed by atoms with Gasteiger partial charge in [0.1, 0.15) is 0 Å². The van der Waals surface area contributed by atoms with Crippen LogP contribution in [0.15, 0.2) is 36.4 Å². The van der Waals surface area contributed by atoms with Gasteiger partial charge < -0.3 is 10.6 Å². The van der Waals surface area contributed by atoms with Crippen LogP contribution in [0, 0.1) is 20.2 Å². The van der Waals surface area contributed by atoms with Gasteiger partial charge in [0.2, 0.25) is 5.91 Å². The molecule has 0 aromatic heterocycles. The van der Waals surface area contributed by atoms with Crippen LogP contribution in [0.3, 0.4) is 0 Å². The standard InChI is InChI=1S/C15H11ClN4O6/c1-8(21)17-13-3-2-10(16)6-14(13)18-15(22)9-4-11(19(23)24)7-12(5-9)20(25)26/h2-7H,1H3,(H,17,21)(H,18,22). The zero-order valence-corrected chi connectivity index (χ0v) is 13.9. The van der Waals surface area contributed by atoms with Crippen LogP contribution in [-0.2, 0) is 4.79 Å². The van der Waals surface area contributed by atoms with E-state index >= 15 is 0 Å². The van der Waals surface area contributed by atoms with Gasteiger partial charge in [-0.05, 0) is 18.2 Å². The lowest BCUT2D eigenvalue weighted by molar-refractivity contribution is -0.394. The van der Waals surface area contributed by atoms with Crippen molar-refractivity contribution in [3.05, 3.63) is 67.2 Å². The summed E-state index contributed by atoms with van der Waals surface area (Å²) in [4.78, 5) is 43.8. The topological polar surface area (TPSA) is 144 Å². The minimum absolute atomic E-state index is 0.131. The van der Waals surface area contributed by atoms with E-state index in [2.05, 4.69) is 10.6 Å². The molecule has 0 saturated carbocycles. The number of carbonyl (C=O) groups excluding carboxylic acids is 2. The Hall–Kier alpha value is -3.53. The molecule has 2 aromatic rings. The number of nitrogens with zero attached hydrogens (tertiary/aromatic N) is 2. The van der Waals surface area contributed by atoms with E-state index in [9.17, 15) is 29.8 Å². The summed E-state index contributed by atoms with van der Waals surface area (Å²) in [6.07, 6.45) is 0. The van der Waals surface area contributed by atoms with E-state index < -0.39 is 33.0 Å². The fourth-order valence-corrected chi connectivity index (χ4v) is 2.22. The van der Waals surface area contributed by atoms with Crippen LogP contribution >= 0.6 is 11.6 Å². The summed E-state index contributed by atoms with van der Waals surface area (Å²) in [5.41, 5.74) is -1.11. The van der Waals surface area contributed by atoms with Crippen molar-refractivity contribution in [3.8, 4) is 0 Å². The second kappa shape index (κ2) is 7.57. The average Bonchev–Trinajstić information content (AvgIpc) is 2.56. The molecule has 2 N–H and O–H groups in total. The lowest BCUT2D eigenvalue weighted by Gasteiger charge is -2.12. The number of benzene rings is 2. The molecule has 10 nitrogen and oxygen atoms in total. The summed E-state index contributed by atoms with van der Waals surface area (Å²) >= 11 is 5.87. The van der Waals surface area contributed by atoms with E-state index in [0.29, 0.717) is 0 Å². The van der Waals surface area contributed by atoms with E-state index in [1.54, 1.807) is 0 Å². The number of nitro benzene ring substituents is 2. The summed E-state index contributed by atoms with van der Waals surface area (Å²) in [6, 6.07) is 6.86. The van der Waals surface area contributed by atoms with Gasteiger partial charge in [0.15, 0.2) is 0 Å². The minimum Gasteiger partial charge on any atom is -0.325 e. The molecule has 0 unspecified atom stereocenters. The molecule has 0 fully saturated rings. The summed E-state index contributed by atoms with van der Waals surface area (Å²) in [5.74, 6) is -1.24. The van der Waals surface area contributed by atoms with Crippen molar-refractivity contribution in [2.45, 2.75) is 6.92 Å². The van der Waals surface area contributed by atoms with Gasteiger partial charge in [0.05, 0.1) is 32.9 Å². The predicted molar refractivity (Wildman–Crippen MR) is 93.5 cm³/mol. The van der Waals surface area contributed by atoms with Gasteiger partial charge in [-0.3, -0.25) is 29.8 Å². The van der Waals surface area contributed by atoms with Gasteiger partial charge in [0.25, 0.3) is 17.3 Å². The van der Waals surface area contributed by atoms with Crippen molar-refractivity contribution in [1.29, 1.82) is 0 Å². The highest BCUT2D eigenvalue weighted by molar-refractivity contribution is 6.31. The Morgan fingerprint density at radius 3 is 2.00 bits per heavy atom. The summed E-state index contributed by atoms with van der Waals surface area (Å²) < 4.78 is 0. The smallest absolute Gasteiger partial charge is 0.277 e. The summed E-state index contributed by atoms with van der Waals surface area (Å²) in [7, 11) is 0. The summed E-state index contributed by atoms with van der Waals surface area (Å²) in [6.45, 7) is 1.27. The molecule has 0 bridgehead atoms. The van der Waals surface area contributed by atoms with Gasteiger partial charge >= 0.3 is 0 Å². The number of nitrogens with one attached hydrogen (secondary N) is 2. The van der Waals surface area contributed by atoms with Crippen LogP contribution in [0.2, 0.25) is 5.02 Å². The third-order valence-electron chi connectivity index (χ3n) is 3.13. The van der Waals surface area contributed by atoms with E-state index in [-0.39, 0.29) is 22.0 Å².